The van der Waals surface area contributed by atoms with Crippen LogP contribution in [0.15, 0.2) is 12.3 Å². The number of aromatic nitrogens is 2. The van der Waals surface area contributed by atoms with Crippen LogP contribution in [0.5, 0.6) is 0 Å². The van der Waals surface area contributed by atoms with Gasteiger partial charge in [0.15, 0.2) is 0 Å². The molecule has 2 aliphatic heterocycles. The lowest BCUT2D eigenvalue weighted by atomic mass is 9.85. The third-order valence-electron chi connectivity index (χ3n) is 5.46. The Labute approximate surface area is 131 Å². The Morgan fingerprint density at radius 2 is 2.27 bits per heavy atom. The molecule has 0 N–H and O–H groups in total. The second kappa shape index (κ2) is 5.66. The number of hydrogen-bond acceptors (Lipinski definition) is 4. The van der Waals surface area contributed by atoms with E-state index in [1.54, 1.807) is 6.20 Å². The Balaban J connectivity index is 1.47. The minimum Gasteiger partial charge on any atom is -0.373 e. The van der Waals surface area contributed by atoms with Gasteiger partial charge in [-0.05, 0) is 31.9 Å². The summed E-state index contributed by atoms with van der Waals surface area (Å²) < 4.78 is 7.73. The van der Waals surface area contributed by atoms with Gasteiger partial charge >= 0.3 is 0 Å². The van der Waals surface area contributed by atoms with Gasteiger partial charge in [-0.2, -0.15) is 5.10 Å². The van der Waals surface area contributed by atoms with Crippen LogP contribution in [0.25, 0.3) is 0 Å². The van der Waals surface area contributed by atoms with Crippen molar-refractivity contribution in [3.05, 3.63) is 18.0 Å². The maximum absolute atomic E-state index is 12.9. The van der Waals surface area contributed by atoms with E-state index in [0.29, 0.717) is 18.5 Å². The summed E-state index contributed by atoms with van der Waals surface area (Å²) in [6.07, 6.45) is 5.75. The molecular weight excluding hydrogens is 280 g/mol. The number of likely N-dealkylation sites (tertiary alicyclic amines) is 1. The van der Waals surface area contributed by atoms with Gasteiger partial charge < -0.3 is 9.64 Å². The lowest BCUT2D eigenvalue weighted by molar-refractivity contribution is -0.0368. The molecule has 1 saturated carbocycles. The van der Waals surface area contributed by atoms with Gasteiger partial charge in [-0.1, -0.05) is 6.42 Å². The molecule has 2 atom stereocenters. The van der Waals surface area contributed by atoms with Crippen molar-refractivity contribution in [1.82, 2.24) is 19.6 Å². The van der Waals surface area contributed by atoms with E-state index in [4.69, 9.17) is 4.74 Å². The lowest BCUT2D eigenvalue weighted by Crippen LogP contribution is -2.48. The summed E-state index contributed by atoms with van der Waals surface area (Å²) in [4.78, 5) is 17.1. The Bertz CT molecular complexity index is 554. The number of carbonyl (C=O) groups excluding carboxylic acids is 1. The minimum absolute atomic E-state index is 0.100. The number of carbonyl (C=O) groups is 1. The predicted molar refractivity (Wildman–Crippen MR) is 81.6 cm³/mol. The van der Waals surface area contributed by atoms with E-state index in [-0.39, 0.29) is 12.0 Å². The maximum Gasteiger partial charge on any atom is 0.272 e. The van der Waals surface area contributed by atoms with Crippen molar-refractivity contribution in [3.63, 3.8) is 0 Å². The number of likely N-dealkylation sites (N-methyl/N-ethyl adjacent to an activating group) is 1. The van der Waals surface area contributed by atoms with Crippen molar-refractivity contribution in [1.29, 1.82) is 0 Å². The smallest absolute Gasteiger partial charge is 0.272 e. The number of morpholine rings is 1. The van der Waals surface area contributed by atoms with Crippen molar-refractivity contribution in [2.24, 2.45) is 5.92 Å². The first-order valence-corrected chi connectivity index (χ1v) is 8.35. The van der Waals surface area contributed by atoms with Crippen molar-refractivity contribution >= 4 is 5.91 Å². The highest BCUT2D eigenvalue weighted by Crippen LogP contribution is 2.28. The summed E-state index contributed by atoms with van der Waals surface area (Å²) in [5, 5.41) is 4.36. The van der Waals surface area contributed by atoms with Crippen molar-refractivity contribution in [3.8, 4) is 0 Å². The van der Waals surface area contributed by atoms with E-state index in [0.717, 1.165) is 31.9 Å². The molecule has 2 saturated heterocycles. The second-order valence-corrected chi connectivity index (χ2v) is 6.86. The quantitative estimate of drug-likeness (QED) is 0.830. The molecule has 0 bridgehead atoms. The highest BCUT2D eigenvalue weighted by Gasteiger charge is 2.41. The molecule has 6 nitrogen and oxygen atoms in total. The monoisotopic (exact) mass is 304 g/mol. The molecule has 0 aromatic carbocycles. The van der Waals surface area contributed by atoms with Crippen LogP contribution in [0.2, 0.25) is 0 Å². The number of rotatable bonds is 3. The fourth-order valence-electron chi connectivity index (χ4n) is 3.77. The highest BCUT2D eigenvalue weighted by atomic mass is 16.5. The SMILES string of the molecule is CN1CCO[C@@H]2CN(C(=O)c3ccnn3CC3CCC3)C[C@@H]21. The number of nitrogens with zero attached hydrogens (tertiary/aromatic N) is 4. The molecule has 6 heteroatoms. The third kappa shape index (κ3) is 2.44. The van der Waals surface area contributed by atoms with Crippen LogP contribution in [0.3, 0.4) is 0 Å². The van der Waals surface area contributed by atoms with E-state index >= 15 is 0 Å². The summed E-state index contributed by atoms with van der Waals surface area (Å²) in [7, 11) is 2.12. The maximum atomic E-state index is 12.9. The third-order valence-corrected chi connectivity index (χ3v) is 5.46. The van der Waals surface area contributed by atoms with E-state index in [9.17, 15) is 4.79 Å². The Hall–Kier alpha value is -1.40. The minimum atomic E-state index is 0.100. The first kappa shape index (κ1) is 14.2. The number of ether oxygens (including phenoxy) is 1. The van der Waals surface area contributed by atoms with Crippen molar-refractivity contribution in [2.75, 3.05) is 33.3 Å². The van der Waals surface area contributed by atoms with Crippen LogP contribution in [-0.2, 0) is 11.3 Å². The average Bonchev–Trinajstić information content (AvgIpc) is 3.09. The van der Waals surface area contributed by atoms with Gasteiger partial charge in [0, 0.05) is 32.4 Å². The first-order valence-electron chi connectivity index (χ1n) is 8.35. The molecule has 1 amide bonds. The van der Waals surface area contributed by atoms with Crippen LogP contribution in [0, 0.1) is 5.92 Å². The van der Waals surface area contributed by atoms with Gasteiger partial charge in [-0.25, -0.2) is 0 Å². The molecule has 3 aliphatic rings. The van der Waals surface area contributed by atoms with Gasteiger partial charge in [0.05, 0.1) is 18.8 Å². The van der Waals surface area contributed by atoms with Crippen LogP contribution in [0.4, 0.5) is 0 Å². The molecule has 1 aromatic rings. The van der Waals surface area contributed by atoms with Crippen LogP contribution < -0.4 is 0 Å². The van der Waals surface area contributed by atoms with Gasteiger partial charge in [-0.15, -0.1) is 0 Å². The number of amides is 1. The summed E-state index contributed by atoms with van der Waals surface area (Å²) in [6.45, 7) is 4.05. The van der Waals surface area contributed by atoms with E-state index in [1.807, 2.05) is 15.6 Å². The Morgan fingerprint density at radius 1 is 1.41 bits per heavy atom. The molecular formula is C16H24N4O2. The number of fused-ring (bicyclic) bond motifs is 1. The second-order valence-electron chi connectivity index (χ2n) is 6.86. The summed E-state index contributed by atoms with van der Waals surface area (Å²) in [5.74, 6) is 0.797. The predicted octanol–water partition coefficient (Wildman–Crippen LogP) is 0.838. The molecule has 0 unspecified atom stereocenters. The van der Waals surface area contributed by atoms with E-state index in [2.05, 4.69) is 17.0 Å². The van der Waals surface area contributed by atoms with Crippen LogP contribution in [0.1, 0.15) is 29.8 Å². The standard InChI is InChI=1S/C16H24N4O2/c1-18-7-8-22-15-11-19(10-14(15)18)16(21)13-5-6-17-20(13)9-12-3-2-4-12/h5-6,12,14-15H,2-4,7-11H2,1H3/t14-,15+/m0/s1. The fourth-order valence-corrected chi connectivity index (χ4v) is 3.77. The molecule has 22 heavy (non-hydrogen) atoms. The molecule has 4 rings (SSSR count). The largest absolute Gasteiger partial charge is 0.373 e. The van der Waals surface area contributed by atoms with Gasteiger partial charge in [0.1, 0.15) is 5.69 Å². The summed E-state index contributed by atoms with van der Waals surface area (Å²) >= 11 is 0. The highest BCUT2D eigenvalue weighted by molar-refractivity contribution is 5.92. The molecule has 0 radical (unpaired) electrons. The lowest BCUT2D eigenvalue weighted by Gasteiger charge is -2.33. The fraction of sp³-hybridized carbons (Fsp3) is 0.750. The number of hydrogen-bond donors (Lipinski definition) is 0. The molecule has 120 valence electrons. The zero-order valence-corrected chi connectivity index (χ0v) is 13.1. The van der Waals surface area contributed by atoms with Gasteiger partial charge in [0.25, 0.3) is 5.91 Å². The molecule has 3 fully saturated rings. The van der Waals surface area contributed by atoms with Gasteiger partial charge in [0.2, 0.25) is 0 Å². The summed E-state index contributed by atoms with van der Waals surface area (Å²) in [5.41, 5.74) is 0.730. The zero-order chi connectivity index (χ0) is 15.1. The Morgan fingerprint density at radius 3 is 3.00 bits per heavy atom. The van der Waals surface area contributed by atoms with Crippen LogP contribution in [-0.4, -0.2) is 70.9 Å². The molecule has 1 aliphatic carbocycles. The Kier molecular flexibility index (Phi) is 3.66. The molecule has 3 heterocycles. The summed E-state index contributed by atoms with van der Waals surface area (Å²) in [6, 6.07) is 2.19. The zero-order valence-electron chi connectivity index (χ0n) is 13.1. The van der Waals surface area contributed by atoms with Crippen molar-refractivity contribution in [2.45, 2.75) is 38.0 Å². The molecule has 1 aromatic heterocycles. The van der Waals surface area contributed by atoms with Gasteiger partial charge in [-0.3, -0.25) is 14.4 Å². The van der Waals surface area contributed by atoms with Crippen LogP contribution >= 0.6 is 0 Å². The van der Waals surface area contributed by atoms with E-state index in [1.165, 1.54) is 19.3 Å². The first-order chi connectivity index (χ1) is 10.7. The molecule has 0 spiro atoms. The van der Waals surface area contributed by atoms with Crippen molar-refractivity contribution < 1.29 is 9.53 Å². The van der Waals surface area contributed by atoms with E-state index < -0.39 is 0 Å². The average molecular weight is 304 g/mol. The normalized spacial score (nSPS) is 29.4. The topological polar surface area (TPSA) is 50.6 Å².